The van der Waals surface area contributed by atoms with E-state index in [0.717, 1.165) is 84.6 Å². The lowest BCUT2D eigenvalue weighted by atomic mass is 9.94. The number of carbonyl (C=O) groups is 2. The Hall–Kier alpha value is -4.72. The van der Waals surface area contributed by atoms with Crippen LogP contribution in [0.25, 0.3) is 43.7 Å². The molecule has 0 fully saturated rings. The van der Waals surface area contributed by atoms with Crippen molar-refractivity contribution in [1.82, 2.24) is 28.9 Å². The summed E-state index contributed by atoms with van der Waals surface area (Å²) in [6, 6.07) is 16.6. The Kier molecular flexibility index (Phi) is 13.2. The fourth-order valence-electron chi connectivity index (χ4n) is 7.31. The van der Waals surface area contributed by atoms with Gasteiger partial charge in [-0.25, -0.2) is 9.97 Å². The summed E-state index contributed by atoms with van der Waals surface area (Å²) in [7, 11) is 7.07. The maximum Gasteiger partial charge on any atom is 0.290 e. The van der Waals surface area contributed by atoms with Gasteiger partial charge in [-0.3, -0.25) is 9.59 Å². The topological polar surface area (TPSA) is 94.7 Å². The quantitative estimate of drug-likeness (QED) is 0.165. The average molecular weight is 914 g/mol. The number of hydrogen-bond donors (Lipinski definition) is 0. The third kappa shape index (κ3) is 8.45. The zero-order chi connectivity index (χ0) is 43.8. The Bertz CT molecular complexity index is 2330. The summed E-state index contributed by atoms with van der Waals surface area (Å²) in [5.41, 5.74) is 8.99. The minimum atomic E-state index is -0.282. The maximum atomic E-state index is 13.4. The first-order valence-electron chi connectivity index (χ1n) is 20.3. The molecule has 2 aromatic carbocycles. The number of methoxy groups -OCH3 is 2. The summed E-state index contributed by atoms with van der Waals surface area (Å²) < 4.78 is 16.1. The predicted molar refractivity (Wildman–Crippen MR) is 250 cm³/mol. The fourth-order valence-corrected chi connectivity index (χ4v) is 9.25. The second kappa shape index (κ2) is 17.7. The zero-order valence-electron chi connectivity index (χ0n) is 37.1. The summed E-state index contributed by atoms with van der Waals surface area (Å²) in [5.74, 6) is 2.63. The molecule has 318 valence electrons. The molecule has 6 aromatic rings. The number of benzene rings is 2. The van der Waals surface area contributed by atoms with Crippen LogP contribution in [-0.2, 0) is 25.9 Å². The second-order valence-electron chi connectivity index (χ2n) is 16.7. The largest absolute Gasteiger partial charge is 0.496 e. The van der Waals surface area contributed by atoms with E-state index in [0.29, 0.717) is 18.2 Å². The lowest BCUT2D eigenvalue weighted by molar-refractivity contribution is 0.0629. The number of amides is 2. The van der Waals surface area contributed by atoms with Crippen LogP contribution in [0.3, 0.4) is 0 Å². The van der Waals surface area contributed by atoms with Gasteiger partial charge in [-0.15, -0.1) is 22.7 Å². The molecule has 0 unspecified atom stereocenters. The Morgan fingerprint density at radius 2 is 1.12 bits per heavy atom. The number of rotatable bonds is 6. The summed E-state index contributed by atoms with van der Waals surface area (Å²) in [6.45, 7) is 19.7. The number of carbonyl (C=O) groups excluding carboxylic acids is 2. The zero-order valence-corrected chi connectivity index (χ0v) is 40.3. The number of fused-ring (bicyclic) bond motifs is 6. The van der Waals surface area contributed by atoms with Crippen LogP contribution in [0.5, 0.6) is 11.5 Å². The first-order chi connectivity index (χ1) is 28.4. The van der Waals surface area contributed by atoms with Crippen LogP contribution in [0.15, 0.2) is 63.8 Å². The molecule has 0 saturated heterocycles. The van der Waals surface area contributed by atoms with Crippen LogP contribution in [0.2, 0.25) is 0 Å². The highest BCUT2D eigenvalue weighted by Crippen LogP contribution is 2.44. The summed E-state index contributed by atoms with van der Waals surface area (Å²) >= 11 is 6.90. The molecule has 10 nitrogen and oxygen atoms in total. The van der Waals surface area contributed by atoms with Crippen molar-refractivity contribution in [3.05, 3.63) is 92.1 Å². The van der Waals surface area contributed by atoms with Crippen molar-refractivity contribution in [1.29, 1.82) is 0 Å². The molecular formula is C47H57BrN6O4S2. The molecule has 0 bridgehead atoms. The highest BCUT2D eigenvalue weighted by atomic mass is 79.9. The molecule has 4 aromatic heterocycles. The molecule has 13 heteroatoms. The first kappa shape index (κ1) is 44.8. The first-order valence-corrected chi connectivity index (χ1v) is 22.9. The highest BCUT2D eigenvalue weighted by molar-refractivity contribution is 9.10. The molecular weight excluding hydrogens is 857 g/mol. The number of aryl methyl sites for hydroxylation is 3. The monoisotopic (exact) mass is 912 g/mol. The molecule has 0 atom stereocenters. The van der Waals surface area contributed by atoms with Gasteiger partial charge in [-0.05, 0) is 141 Å². The number of imidazole rings is 2. The minimum absolute atomic E-state index is 0.0461. The Morgan fingerprint density at radius 1 is 0.700 bits per heavy atom. The van der Waals surface area contributed by atoms with E-state index < -0.39 is 0 Å². The second-order valence-corrected chi connectivity index (χ2v) is 19.5. The van der Waals surface area contributed by atoms with Crippen LogP contribution < -0.4 is 9.47 Å². The van der Waals surface area contributed by atoms with Crippen LogP contribution in [-0.4, -0.2) is 80.1 Å². The van der Waals surface area contributed by atoms with Crippen LogP contribution in [0.1, 0.15) is 93.3 Å². The van der Waals surface area contributed by atoms with Gasteiger partial charge in [0.2, 0.25) is 0 Å². The smallest absolute Gasteiger partial charge is 0.290 e. The van der Waals surface area contributed by atoms with Gasteiger partial charge in [0.25, 0.3) is 11.8 Å². The van der Waals surface area contributed by atoms with E-state index in [1.165, 1.54) is 11.1 Å². The molecule has 2 amide bonds. The number of hydrogen-bond acceptors (Lipinski definition) is 8. The van der Waals surface area contributed by atoms with E-state index in [9.17, 15) is 9.59 Å². The van der Waals surface area contributed by atoms with Gasteiger partial charge in [0.1, 0.15) is 22.9 Å². The van der Waals surface area contributed by atoms with E-state index >= 15 is 0 Å². The van der Waals surface area contributed by atoms with Crippen molar-refractivity contribution >= 4 is 50.4 Å². The molecule has 0 spiro atoms. The van der Waals surface area contributed by atoms with Gasteiger partial charge >= 0.3 is 0 Å². The van der Waals surface area contributed by atoms with Crippen molar-refractivity contribution in [2.75, 3.05) is 28.3 Å². The fraction of sp³-hybridized carbons (Fsp3) is 0.404. The summed E-state index contributed by atoms with van der Waals surface area (Å²) in [4.78, 5) is 42.1. The standard InChI is InChI=1S/C23H27N3O2S.C22H24BrN3O2S.C2H6/c1-14-12-16-15(13-17(14)28-6)9-10-26-20(16)19(18-8-7-11-29-18)24-21(26)22(27)25(5)23(2,3)4;1-22(2,3)25(4)21(27)20-24-18(17-7-6-10-29-17)19-14-12-15(23)16(28-5)11-13(14)8-9-26(19)20;1-2/h7-8,11-13H,9-10H2,1-6H3;6-7,10-12H,8-9H2,1-5H3;1-2H3. The van der Waals surface area contributed by atoms with E-state index in [1.54, 1.807) is 46.7 Å². The Morgan fingerprint density at radius 3 is 1.50 bits per heavy atom. The number of thiophene rings is 2. The van der Waals surface area contributed by atoms with Crippen molar-refractivity contribution in [3.8, 4) is 55.2 Å². The predicted octanol–water partition coefficient (Wildman–Crippen LogP) is 11.5. The van der Waals surface area contributed by atoms with Gasteiger partial charge in [0.05, 0.1) is 39.8 Å². The molecule has 0 N–H and O–H groups in total. The lowest BCUT2D eigenvalue weighted by Gasteiger charge is -2.32. The molecule has 60 heavy (non-hydrogen) atoms. The molecule has 0 saturated carbocycles. The average Bonchev–Trinajstić information content (AvgIpc) is 4.06. The highest BCUT2D eigenvalue weighted by Gasteiger charge is 2.35. The Labute approximate surface area is 371 Å². The number of ether oxygens (including phenoxy) is 2. The van der Waals surface area contributed by atoms with E-state index in [1.807, 2.05) is 92.4 Å². The maximum absolute atomic E-state index is 13.4. The number of aromatic nitrogens is 4. The van der Waals surface area contributed by atoms with Crippen molar-refractivity contribution < 1.29 is 19.1 Å². The summed E-state index contributed by atoms with van der Waals surface area (Å²) in [6.07, 6.45) is 1.67. The molecule has 6 heterocycles. The number of nitrogens with zero attached hydrogens (tertiary/aromatic N) is 6. The normalized spacial score (nSPS) is 12.7. The molecule has 0 aliphatic carbocycles. The lowest BCUT2D eigenvalue weighted by Crippen LogP contribution is -2.43. The van der Waals surface area contributed by atoms with Gasteiger partial charge in [-0.1, -0.05) is 26.0 Å². The molecule has 2 aliphatic heterocycles. The van der Waals surface area contributed by atoms with Gasteiger partial charge in [0.15, 0.2) is 11.6 Å². The number of halogens is 1. The third-order valence-electron chi connectivity index (χ3n) is 11.2. The molecule has 8 rings (SSSR count). The van der Waals surface area contributed by atoms with Gasteiger partial charge in [0, 0.05) is 49.4 Å². The van der Waals surface area contributed by atoms with Crippen molar-refractivity contribution in [3.63, 3.8) is 0 Å². The van der Waals surface area contributed by atoms with Gasteiger partial charge < -0.3 is 28.4 Å². The molecule has 0 radical (unpaired) electrons. The molecule has 2 aliphatic rings. The van der Waals surface area contributed by atoms with Crippen LogP contribution in [0, 0.1) is 6.92 Å². The van der Waals surface area contributed by atoms with E-state index in [-0.39, 0.29) is 22.9 Å². The van der Waals surface area contributed by atoms with Crippen molar-refractivity contribution in [2.45, 2.75) is 99.3 Å². The van der Waals surface area contributed by atoms with E-state index in [2.05, 4.69) is 68.4 Å². The summed E-state index contributed by atoms with van der Waals surface area (Å²) in [5, 5.41) is 4.09. The van der Waals surface area contributed by atoms with Crippen LogP contribution >= 0.6 is 38.6 Å². The third-order valence-corrected chi connectivity index (χ3v) is 13.5. The van der Waals surface area contributed by atoms with Crippen LogP contribution in [0.4, 0.5) is 0 Å². The SMILES string of the molecule is CC.COc1cc2c(cc1Br)-c1c(-c3cccs3)nc(C(=O)N(C)C(C)(C)C)n1CC2.COc1cc2c(cc1C)-c1c(-c3cccs3)nc(C(=O)N(C)C(C)(C)C)n1CC2. The van der Waals surface area contributed by atoms with Crippen molar-refractivity contribution in [2.24, 2.45) is 0 Å². The Balaban J connectivity index is 0.000000193. The minimum Gasteiger partial charge on any atom is -0.496 e. The van der Waals surface area contributed by atoms with E-state index in [4.69, 9.17) is 19.4 Å². The van der Waals surface area contributed by atoms with Gasteiger partial charge in [-0.2, -0.15) is 0 Å².